The highest BCUT2D eigenvalue weighted by Gasteiger charge is 1.97. The van der Waals surface area contributed by atoms with Gasteiger partial charge in [0.25, 0.3) is 0 Å². The average molecular weight is 196 g/mol. The largest absolute Gasteiger partial charge is 0.478 e. The number of rotatable bonds is 6. The zero-order valence-electron chi connectivity index (χ0n) is 8.40. The van der Waals surface area contributed by atoms with E-state index in [1.165, 1.54) is 0 Å². The predicted octanol–water partition coefficient (Wildman–Crippen LogP) is 1.21. The van der Waals surface area contributed by atoms with Crippen LogP contribution in [0.3, 0.4) is 0 Å². The molecule has 78 valence electrons. The predicted molar refractivity (Wildman–Crippen MR) is 54.6 cm³/mol. The van der Waals surface area contributed by atoms with E-state index < -0.39 is 0 Å². The van der Waals surface area contributed by atoms with Gasteiger partial charge in [-0.05, 0) is 19.9 Å². The lowest BCUT2D eigenvalue weighted by atomic mass is 10.4. The average Bonchev–Trinajstić information content (AvgIpc) is 2.19. The maximum absolute atomic E-state index is 5.36. The zero-order valence-corrected chi connectivity index (χ0v) is 8.40. The van der Waals surface area contributed by atoms with Gasteiger partial charge in [-0.1, -0.05) is 6.07 Å². The van der Waals surface area contributed by atoms with Gasteiger partial charge in [0.05, 0.1) is 13.2 Å². The minimum absolute atomic E-state index is 0.587. The van der Waals surface area contributed by atoms with Gasteiger partial charge in [0.1, 0.15) is 0 Å². The van der Waals surface area contributed by atoms with Crippen molar-refractivity contribution >= 4 is 0 Å². The number of hydrogen-bond donors (Lipinski definition) is 1. The van der Waals surface area contributed by atoms with Crippen molar-refractivity contribution in [2.24, 2.45) is 5.73 Å². The van der Waals surface area contributed by atoms with Crippen molar-refractivity contribution in [1.29, 1.82) is 0 Å². The van der Waals surface area contributed by atoms with Gasteiger partial charge in [0.2, 0.25) is 11.8 Å². The van der Waals surface area contributed by atoms with Crippen molar-refractivity contribution in [3.63, 3.8) is 0 Å². The standard InChI is InChI=1S/C10H16N2O2/c1-2-13-9-5-3-6-10(12-9)14-8-4-7-11/h3,5-6H,2,4,7-8,11H2,1H3. The van der Waals surface area contributed by atoms with Crippen LogP contribution in [0.15, 0.2) is 18.2 Å². The Bertz CT molecular complexity index is 266. The highest BCUT2D eigenvalue weighted by Crippen LogP contribution is 2.13. The Kier molecular flexibility index (Phi) is 4.78. The maximum Gasteiger partial charge on any atom is 0.216 e. The van der Waals surface area contributed by atoms with Crippen LogP contribution in [0.4, 0.5) is 0 Å². The second kappa shape index (κ2) is 6.21. The van der Waals surface area contributed by atoms with E-state index in [0.717, 1.165) is 6.42 Å². The quantitative estimate of drug-likeness (QED) is 0.695. The van der Waals surface area contributed by atoms with Crippen molar-refractivity contribution in [2.75, 3.05) is 19.8 Å². The molecule has 0 aliphatic heterocycles. The third-order valence-corrected chi connectivity index (χ3v) is 1.59. The number of aromatic nitrogens is 1. The molecule has 0 radical (unpaired) electrons. The number of nitrogens with zero attached hydrogens (tertiary/aromatic N) is 1. The first-order valence-corrected chi connectivity index (χ1v) is 4.79. The van der Waals surface area contributed by atoms with E-state index in [0.29, 0.717) is 31.5 Å². The van der Waals surface area contributed by atoms with E-state index in [-0.39, 0.29) is 0 Å². The minimum atomic E-state index is 0.587. The fraction of sp³-hybridized carbons (Fsp3) is 0.500. The molecule has 1 heterocycles. The summed E-state index contributed by atoms with van der Waals surface area (Å²) in [5, 5.41) is 0. The van der Waals surface area contributed by atoms with E-state index >= 15 is 0 Å². The molecule has 2 N–H and O–H groups in total. The van der Waals surface area contributed by atoms with Crippen LogP contribution in [0.2, 0.25) is 0 Å². The van der Waals surface area contributed by atoms with Crippen LogP contribution in [-0.4, -0.2) is 24.7 Å². The number of pyridine rings is 1. The summed E-state index contributed by atoms with van der Waals surface area (Å²) in [6, 6.07) is 5.47. The zero-order chi connectivity index (χ0) is 10.2. The lowest BCUT2D eigenvalue weighted by Gasteiger charge is -2.06. The summed E-state index contributed by atoms with van der Waals surface area (Å²) in [6.45, 7) is 3.76. The molecule has 0 saturated carbocycles. The summed E-state index contributed by atoms with van der Waals surface area (Å²) < 4.78 is 10.6. The molecule has 1 rings (SSSR count). The van der Waals surface area contributed by atoms with Gasteiger partial charge in [-0.3, -0.25) is 0 Å². The summed E-state index contributed by atoms with van der Waals surface area (Å²) in [6.07, 6.45) is 0.834. The molecule has 0 saturated heterocycles. The lowest BCUT2D eigenvalue weighted by molar-refractivity contribution is 0.285. The molecule has 0 aromatic carbocycles. The first-order chi connectivity index (χ1) is 6.86. The molecule has 0 aliphatic rings. The van der Waals surface area contributed by atoms with Gasteiger partial charge < -0.3 is 15.2 Å². The Morgan fingerprint density at radius 3 is 2.64 bits per heavy atom. The van der Waals surface area contributed by atoms with Crippen molar-refractivity contribution in [1.82, 2.24) is 4.98 Å². The second-order valence-electron chi connectivity index (χ2n) is 2.74. The molecule has 0 fully saturated rings. The van der Waals surface area contributed by atoms with Gasteiger partial charge in [-0.15, -0.1) is 0 Å². The van der Waals surface area contributed by atoms with E-state index in [1.54, 1.807) is 12.1 Å². The normalized spacial score (nSPS) is 9.86. The molecule has 4 heteroatoms. The van der Waals surface area contributed by atoms with Crippen LogP contribution in [0, 0.1) is 0 Å². The van der Waals surface area contributed by atoms with E-state index in [4.69, 9.17) is 15.2 Å². The lowest BCUT2D eigenvalue weighted by Crippen LogP contribution is -2.07. The molecule has 0 aliphatic carbocycles. The van der Waals surface area contributed by atoms with Gasteiger partial charge >= 0.3 is 0 Å². The molecule has 4 nitrogen and oxygen atoms in total. The molecule has 0 unspecified atom stereocenters. The van der Waals surface area contributed by atoms with Crippen LogP contribution < -0.4 is 15.2 Å². The van der Waals surface area contributed by atoms with Crippen LogP contribution in [0.25, 0.3) is 0 Å². The Hall–Kier alpha value is -1.29. The van der Waals surface area contributed by atoms with Crippen molar-refractivity contribution in [2.45, 2.75) is 13.3 Å². The fourth-order valence-corrected chi connectivity index (χ4v) is 0.965. The Labute approximate surface area is 84.0 Å². The first-order valence-electron chi connectivity index (χ1n) is 4.79. The van der Waals surface area contributed by atoms with Crippen LogP contribution in [0.1, 0.15) is 13.3 Å². The smallest absolute Gasteiger partial charge is 0.216 e. The molecule has 0 amide bonds. The fourth-order valence-electron chi connectivity index (χ4n) is 0.965. The Morgan fingerprint density at radius 1 is 1.29 bits per heavy atom. The molecule has 1 aromatic rings. The molecular formula is C10H16N2O2. The van der Waals surface area contributed by atoms with Crippen molar-refractivity contribution in [3.05, 3.63) is 18.2 Å². The van der Waals surface area contributed by atoms with Crippen molar-refractivity contribution < 1.29 is 9.47 Å². The van der Waals surface area contributed by atoms with Gasteiger partial charge in [0, 0.05) is 12.1 Å². The molecule has 1 aromatic heterocycles. The van der Waals surface area contributed by atoms with Gasteiger partial charge in [-0.2, -0.15) is 4.98 Å². The third kappa shape index (κ3) is 3.62. The molecule has 0 bridgehead atoms. The highest BCUT2D eigenvalue weighted by molar-refractivity contribution is 5.19. The van der Waals surface area contributed by atoms with Gasteiger partial charge in [-0.25, -0.2) is 0 Å². The monoisotopic (exact) mass is 196 g/mol. The maximum atomic E-state index is 5.36. The minimum Gasteiger partial charge on any atom is -0.478 e. The van der Waals surface area contributed by atoms with E-state index in [1.807, 2.05) is 13.0 Å². The topological polar surface area (TPSA) is 57.4 Å². The van der Waals surface area contributed by atoms with Crippen LogP contribution >= 0.6 is 0 Å². The number of nitrogens with two attached hydrogens (primary N) is 1. The summed E-state index contributed by atoms with van der Waals surface area (Å²) in [5.74, 6) is 1.18. The van der Waals surface area contributed by atoms with E-state index in [9.17, 15) is 0 Å². The summed E-state index contributed by atoms with van der Waals surface area (Å²) in [4.78, 5) is 4.15. The number of ether oxygens (including phenoxy) is 2. The SMILES string of the molecule is CCOc1cccc(OCCCN)n1. The second-order valence-corrected chi connectivity index (χ2v) is 2.74. The highest BCUT2D eigenvalue weighted by atomic mass is 16.5. The Morgan fingerprint density at radius 2 is 2.00 bits per heavy atom. The number of hydrogen-bond acceptors (Lipinski definition) is 4. The molecular weight excluding hydrogens is 180 g/mol. The molecule has 0 atom stereocenters. The Balaban J connectivity index is 2.46. The third-order valence-electron chi connectivity index (χ3n) is 1.59. The van der Waals surface area contributed by atoms with E-state index in [2.05, 4.69) is 4.98 Å². The summed E-state index contributed by atoms with van der Waals surface area (Å²) in [7, 11) is 0. The van der Waals surface area contributed by atoms with Crippen molar-refractivity contribution in [3.8, 4) is 11.8 Å². The molecule has 14 heavy (non-hydrogen) atoms. The van der Waals surface area contributed by atoms with Crippen LogP contribution in [0.5, 0.6) is 11.8 Å². The molecule has 0 spiro atoms. The summed E-state index contributed by atoms with van der Waals surface area (Å²) in [5.41, 5.74) is 5.35. The first kappa shape index (κ1) is 10.8. The van der Waals surface area contributed by atoms with Gasteiger partial charge in [0.15, 0.2) is 0 Å². The summed E-state index contributed by atoms with van der Waals surface area (Å²) >= 11 is 0. The van der Waals surface area contributed by atoms with Crippen LogP contribution in [-0.2, 0) is 0 Å².